The topological polar surface area (TPSA) is 20.7 Å². The van der Waals surface area contributed by atoms with Crippen molar-refractivity contribution in [1.29, 1.82) is 0 Å². The molecule has 0 saturated carbocycles. The average Bonchev–Trinajstić information content (AvgIpc) is 2.68. The molecule has 2 aromatic carbocycles. The lowest BCUT2D eigenvalue weighted by Crippen LogP contribution is -1.97. The molecule has 0 aliphatic heterocycles. The summed E-state index contributed by atoms with van der Waals surface area (Å²) in [4.78, 5) is 3.22. The number of rotatable bonds is 1. The maximum absolute atomic E-state index is 6.19. The van der Waals surface area contributed by atoms with Gasteiger partial charge in [-0.3, -0.25) is 4.57 Å². The van der Waals surface area contributed by atoms with Gasteiger partial charge in [0.2, 0.25) is 0 Å². The molecular weight excluding hydrogens is 344 g/mol. The highest BCUT2D eigenvalue weighted by molar-refractivity contribution is 9.10. The average molecular weight is 354 g/mol. The molecule has 0 aliphatic carbocycles. The van der Waals surface area contributed by atoms with Crippen LogP contribution >= 0.6 is 39.7 Å². The van der Waals surface area contributed by atoms with Gasteiger partial charge in [-0.15, -0.1) is 0 Å². The van der Waals surface area contributed by atoms with E-state index in [9.17, 15) is 0 Å². The molecular formula is C14H10BrClN2S. The summed E-state index contributed by atoms with van der Waals surface area (Å²) in [5.74, 6) is 0. The van der Waals surface area contributed by atoms with Crippen molar-refractivity contribution in [2.24, 2.45) is 0 Å². The van der Waals surface area contributed by atoms with E-state index in [1.807, 2.05) is 47.9 Å². The Labute approximate surface area is 129 Å². The van der Waals surface area contributed by atoms with E-state index in [0.717, 1.165) is 31.8 Å². The summed E-state index contributed by atoms with van der Waals surface area (Å²) >= 11 is 15.1. The fraction of sp³-hybridized carbons (Fsp3) is 0.0714. The molecule has 2 nitrogen and oxygen atoms in total. The van der Waals surface area contributed by atoms with E-state index >= 15 is 0 Å². The van der Waals surface area contributed by atoms with Gasteiger partial charge in [-0.2, -0.15) is 0 Å². The van der Waals surface area contributed by atoms with Crippen LogP contribution in [0.15, 0.2) is 40.9 Å². The van der Waals surface area contributed by atoms with E-state index in [1.54, 1.807) is 0 Å². The Morgan fingerprint density at radius 1 is 1.26 bits per heavy atom. The monoisotopic (exact) mass is 352 g/mol. The quantitative estimate of drug-likeness (QED) is 0.580. The highest BCUT2D eigenvalue weighted by Crippen LogP contribution is 2.27. The molecule has 0 atom stereocenters. The predicted octanol–water partition coefficient (Wildman–Crippen LogP) is 5.41. The molecule has 3 aromatic rings. The predicted molar refractivity (Wildman–Crippen MR) is 85.9 cm³/mol. The van der Waals surface area contributed by atoms with Gasteiger partial charge in [0.15, 0.2) is 4.77 Å². The fourth-order valence-corrected chi connectivity index (χ4v) is 3.00. The van der Waals surface area contributed by atoms with Gasteiger partial charge < -0.3 is 4.98 Å². The van der Waals surface area contributed by atoms with Crippen molar-refractivity contribution >= 4 is 50.8 Å². The van der Waals surface area contributed by atoms with Gasteiger partial charge >= 0.3 is 0 Å². The summed E-state index contributed by atoms with van der Waals surface area (Å²) in [6.45, 7) is 2.00. The van der Waals surface area contributed by atoms with Crippen molar-refractivity contribution in [2.75, 3.05) is 0 Å². The van der Waals surface area contributed by atoms with Gasteiger partial charge in [-0.1, -0.05) is 33.6 Å². The maximum Gasteiger partial charge on any atom is 0.182 e. The lowest BCUT2D eigenvalue weighted by molar-refractivity contribution is 1.05. The normalized spacial score (nSPS) is 11.1. The van der Waals surface area contributed by atoms with Crippen LogP contribution in [0.5, 0.6) is 0 Å². The van der Waals surface area contributed by atoms with E-state index in [1.165, 1.54) is 0 Å². The number of fused-ring (bicyclic) bond motifs is 1. The van der Waals surface area contributed by atoms with Crippen LogP contribution in [0.25, 0.3) is 16.7 Å². The van der Waals surface area contributed by atoms with Gasteiger partial charge in [0.05, 0.1) is 16.7 Å². The van der Waals surface area contributed by atoms with Gasteiger partial charge in [-0.25, -0.2) is 0 Å². The van der Waals surface area contributed by atoms with Crippen LogP contribution in [0.2, 0.25) is 5.02 Å². The van der Waals surface area contributed by atoms with E-state index in [2.05, 4.69) is 20.9 Å². The largest absolute Gasteiger partial charge is 0.330 e. The molecule has 0 fully saturated rings. The molecule has 1 N–H and O–H groups in total. The summed E-state index contributed by atoms with van der Waals surface area (Å²) in [5.41, 5.74) is 4.06. The van der Waals surface area contributed by atoms with Crippen LogP contribution in [-0.2, 0) is 0 Å². The third kappa shape index (κ3) is 2.14. The molecule has 3 rings (SSSR count). The molecule has 0 radical (unpaired) electrons. The second-order valence-electron chi connectivity index (χ2n) is 4.31. The summed E-state index contributed by atoms with van der Waals surface area (Å²) in [6.07, 6.45) is 0. The standard InChI is InChI=1S/C14H10BrClN2S/c1-8-10(16)3-2-4-12(8)18-13-6-5-9(15)7-11(13)17-14(18)19/h2-7H,1H3,(H,17,19). The zero-order chi connectivity index (χ0) is 13.6. The summed E-state index contributed by atoms with van der Waals surface area (Å²) in [6, 6.07) is 11.9. The van der Waals surface area contributed by atoms with Crippen molar-refractivity contribution in [1.82, 2.24) is 9.55 Å². The van der Waals surface area contributed by atoms with Crippen LogP contribution in [0.4, 0.5) is 0 Å². The highest BCUT2D eigenvalue weighted by Gasteiger charge is 2.10. The number of hydrogen-bond donors (Lipinski definition) is 1. The molecule has 0 aliphatic rings. The Balaban J connectivity index is 2.40. The van der Waals surface area contributed by atoms with Gasteiger partial charge in [0, 0.05) is 9.50 Å². The third-order valence-corrected chi connectivity index (χ3v) is 4.31. The zero-order valence-corrected chi connectivity index (χ0v) is 13.2. The van der Waals surface area contributed by atoms with Gasteiger partial charge in [-0.05, 0) is 55.0 Å². The lowest BCUT2D eigenvalue weighted by atomic mass is 10.2. The summed E-state index contributed by atoms with van der Waals surface area (Å²) in [5, 5.41) is 0.742. The Morgan fingerprint density at radius 2 is 2.05 bits per heavy atom. The first kappa shape index (κ1) is 12.9. The number of aromatic amines is 1. The van der Waals surface area contributed by atoms with E-state index in [4.69, 9.17) is 23.8 Å². The number of halogens is 2. The molecule has 0 bridgehead atoms. The molecule has 0 amide bonds. The number of benzene rings is 2. The molecule has 1 heterocycles. The number of nitrogens with one attached hydrogen (secondary N) is 1. The molecule has 0 saturated heterocycles. The zero-order valence-electron chi connectivity index (χ0n) is 10.1. The van der Waals surface area contributed by atoms with Crippen molar-refractivity contribution < 1.29 is 0 Å². The number of hydrogen-bond acceptors (Lipinski definition) is 1. The van der Waals surface area contributed by atoms with E-state index in [-0.39, 0.29) is 0 Å². The second kappa shape index (κ2) is 4.78. The van der Waals surface area contributed by atoms with Crippen LogP contribution in [0.3, 0.4) is 0 Å². The van der Waals surface area contributed by atoms with Crippen molar-refractivity contribution in [3.63, 3.8) is 0 Å². The Kier molecular flexibility index (Phi) is 3.25. The van der Waals surface area contributed by atoms with Crippen molar-refractivity contribution in [3.05, 3.63) is 56.2 Å². The number of nitrogens with zero attached hydrogens (tertiary/aromatic N) is 1. The summed E-state index contributed by atoms with van der Waals surface area (Å²) < 4.78 is 3.70. The smallest absolute Gasteiger partial charge is 0.182 e. The first-order valence-corrected chi connectivity index (χ1v) is 7.31. The Bertz CT molecular complexity index is 835. The molecule has 0 spiro atoms. The van der Waals surface area contributed by atoms with Crippen LogP contribution in [-0.4, -0.2) is 9.55 Å². The van der Waals surface area contributed by atoms with Crippen molar-refractivity contribution in [2.45, 2.75) is 6.92 Å². The fourth-order valence-electron chi connectivity index (χ4n) is 2.16. The highest BCUT2D eigenvalue weighted by atomic mass is 79.9. The van der Waals surface area contributed by atoms with Gasteiger partial charge in [0.1, 0.15) is 0 Å². The minimum Gasteiger partial charge on any atom is -0.330 e. The maximum atomic E-state index is 6.19. The molecule has 5 heteroatoms. The molecule has 96 valence electrons. The molecule has 19 heavy (non-hydrogen) atoms. The first-order chi connectivity index (χ1) is 9.08. The third-order valence-electron chi connectivity index (χ3n) is 3.12. The Hall–Kier alpha value is -1.10. The van der Waals surface area contributed by atoms with Crippen LogP contribution < -0.4 is 0 Å². The number of H-pyrrole nitrogens is 1. The minimum atomic E-state index is 0.665. The van der Waals surface area contributed by atoms with Crippen LogP contribution in [0.1, 0.15) is 5.56 Å². The lowest BCUT2D eigenvalue weighted by Gasteiger charge is -2.09. The van der Waals surface area contributed by atoms with Crippen LogP contribution in [0, 0.1) is 11.7 Å². The second-order valence-corrected chi connectivity index (χ2v) is 6.02. The number of imidazole rings is 1. The van der Waals surface area contributed by atoms with Gasteiger partial charge in [0.25, 0.3) is 0 Å². The SMILES string of the molecule is Cc1c(Cl)cccc1-n1c(=S)[nH]c2cc(Br)ccc21. The summed E-state index contributed by atoms with van der Waals surface area (Å²) in [7, 11) is 0. The Morgan fingerprint density at radius 3 is 2.84 bits per heavy atom. The minimum absolute atomic E-state index is 0.665. The number of aromatic nitrogens is 2. The molecule has 1 aromatic heterocycles. The molecule has 0 unspecified atom stereocenters. The van der Waals surface area contributed by atoms with E-state index < -0.39 is 0 Å². The van der Waals surface area contributed by atoms with Crippen molar-refractivity contribution in [3.8, 4) is 5.69 Å². The van der Waals surface area contributed by atoms with E-state index in [0.29, 0.717) is 4.77 Å². The first-order valence-electron chi connectivity index (χ1n) is 5.73.